The fourth-order valence-electron chi connectivity index (χ4n) is 0.956. The maximum Gasteiger partial charge on any atom is 0.164 e. The molecule has 0 fully saturated rings. The van der Waals surface area contributed by atoms with Gasteiger partial charge in [-0.05, 0) is 28.1 Å². The van der Waals surface area contributed by atoms with Crippen molar-refractivity contribution in [3.05, 3.63) is 28.2 Å². The van der Waals surface area contributed by atoms with Crippen LogP contribution in [0.4, 0.5) is 0 Å². The molecule has 0 radical (unpaired) electrons. The van der Waals surface area contributed by atoms with Crippen molar-refractivity contribution in [1.29, 1.82) is 0 Å². The van der Waals surface area contributed by atoms with Crippen molar-refractivity contribution in [3.63, 3.8) is 0 Å². The van der Waals surface area contributed by atoms with Gasteiger partial charge in [0.1, 0.15) is 5.75 Å². The molecule has 0 spiro atoms. The van der Waals surface area contributed by atoms with Crippen molar-refractivity contribution in [1.82, 2.24) is 0 Å². The molecule has 70 valence electrons. The molecular weight excluding hydrogens is 300 g/mol. The lowest BCUT2D eigenvalue weighted by Gasteiger charge is -2.03. The lowest BCUT2D eigenvalue weighted by atomic mass is 10.1. The van der Waals surface area contributed by atoms with Crippen molar-refractivity contribution in [3.8, 4) is 5.75 Å². The Morgan fingerprint density at radius 2 is 2.15 bits per heavy atom. The third kappa shape index (κ3) is 2.54. The number of benzene rings is 1. The average Bonchev–Trinajstić information content (AvgIpc) is 2.10. The van der Waals surface area contributed by atoms with Crippen molar-refractivity contribution in [2.24, 2.45) is 0 Å². The van der Waals surface area contributed by atoms with E-state index in [2.05, 4.69) is 31.9 Å². The second-order valence-electron chi connectivity index (χ2n) is 2.50. The Kier molecular flexibility index (Phi) is 3.93. The van der Waals surface area contributed by atoms with Gasteiger partial charge in [-0.15, -0.1) is 0 Å². The molecule has 0 aromatic heterocycles. The molecule has 0 amide bonds. The van der Waals surface area contributed by atoms with Crippen LogP contribution in [0, 0.1) is 0 Å². The summed E-state index contributed by atoms with van der Waals surface area (Å²) in [6.07, 6.45) is 0.433. The molecule has 0 aliphatic carbocycles. The van der Waals surface area contributed by atoms with Gasteiger partial charge in [0.15, 0.2) is 5.78 Å². The molecule has 0 saturated carbocycles. The minimum Gasteiger partial charge on any atom is -0.507 e. The molecule has 0 unspecified atom stereocenters. The van der Waals surface area contributed by atoms with Crippen LogP contribution in [-0.2, 0) is 0 Å². The molecule has 0 heterocycles. The van der Waals surface area contributed by atoms with Gasteiger partial charge >= 0.3 is 0 Å². The zero-order valence-electron chi connectivity index (χ0n) is 6.76. The number of Topliss-reactive ketones (excluding diaryl/α,β-unsaturated/α-hetero) is 1. The van der Waals surface area contributed by atoms with Gasteiger partial charge in [0.2, 0.25) is 0 Å². The zero-order chi connectivity index (χ0) is 9.84. The molecule has 1 rings (SSSR count). The van der Waals surface area contributed by atoms with Gasteiger partial charge in [-0.2, -0.15) is 0 Å². The smallest absolute Gasteiger partial charge is 0.164 e. The Morgan fingerprint density at radius 3 is 2.77 bits per heavy atom. The highest BCUT2D eigenvalue weighted by molar-refractivity contribution is 9.10. The van der Waals surface area contributed by atoms with E-state index in [4.69, 9.17) is 0 Å². The number of rotatable bonds is 3. The van der Waals surface area contributed by atoms with Crippen molar-refractivity contribution < 1.29 is 9.90 Å². The second kappa shape index (κ2) is 4.77. The first-order valence-corrected chi connectivity index (χ1v) is 5.65. The van der Waals surface area contributed by atoms with Crippen LogP contribution in [-0.4, -0.2) is 16.2 Å². The highest BCUT2D eigenvalue weighted by Gasteiger charge is 2.11. The number of aromatic hydroxyl groups is 1. The van der Waals surface area contributed by atoms with Gasteiger partial charge in [-0.25, -0.2) is 0 Å². The fraction of sp³-hybridized carbons (Fsp3) is 0.222. The van der Waals surface area contributed by atoms with Gasteiger partial charge < -0.3 is 5.11 Å². The molecule has 0 aliphatic heterocycles. The number of ketones is 1. The Labute approximate surface area is 93.2 Å². The van der Waals surface area contributed by atoms with Crippen molar-refractivity contribution in [2.75, 3.05) is 5.33 Å². The molecule has 2 nitrogen and oxygen atoms in total. The van der Waals surface area contributed by atoms with E-state index in [-0.39, 0.29) is 11.5 Å². The zero-order valence-corrected chi connectivity index (χ0v) is 9.93. The molecule has 0 saturated heterocycles. The molecule has 1 aromatic rings. The SMILES string of the molecule is O=C(CCBr)c1cccc(O)c1Br. The molecule has 4 heteroatoms. The number of hydrogen-bond acceptors (Lipinski definition) is 2. The minimum absolute atomic E-state index is 0.0136. The van der Waals surface area contributed by atoms with Crippen LogP contribution in [0.1, 0.15) is 16.8 Å². The van der Waals surface area contributed by atoms with Gasteiger partial charge in [-0.1, -0.05) is 22.0 Å². The van der Waals surface area contributed by atoms with E-state index in [0.717, 1.165) is 0 Å². The number of phenolic OH excluding ortho intramolecular Hbond substituents is 1. The van der Waals surface area contributed by atoms with Crippen LogP contribution in [0.25, 0.3) is 0 Å². The van der Waals surface area contributed by atoms with E-state index < -0.39 is 0 Å². The predicted molar refractivity (Wildman–Crippen MR) is 58.5 cm³/mol. The van der Waals surface area contributed by atoms with E-state index in [1.165, 1.54) is 6.07 Å². The molecule has 0 atom stereocenters. The van der Waals surface area contributed by atoms with Crippen LogP contribution >= 0.6 is 31.9 Å². The molecule has 0 aliphatic rings. The summed E-state index contributed by atoms with van der Waals surface area (Å²) in [6, 6.07) is 4.88. The van der Waals surface area contributed by atoms with Crippen LogP contribution in [0.5, 0.6) is 5.75 Å². The van der Waals surface area contributed by atoms with Gasteiger partial charge in [-0.3, -0.25) is 4.79 Å². The van der Waals surface area contributed by atoms with Crippen LogP contribution in [0.15, 0.2) is 22.7 Å². The Hall–Kier alpha value is -0.350. The summed E-state index contributed by atoms with van der Waals surface area (Å²) in [5.41, 5.74) is 0.527. The first-order valence-electron chi connectivity index (χ1n) is 3.73. The number of phenols is 1. The van der Waals surface area contributed by atoms with E-state index in [9.17, 15) is 9.90 Å². The third-order valence-corrected chi connectivity index (χ3v) is 2.83. The lowest BCUT2D eigenvalue weighted by Crippen LogP contribution is -2.00. The maximum absolute atomic E-state index is 11.4. The van der Waals surface area contributed by atoms with Crippen LogP contribution in [0.3, 0.4) is 0 Å². The first-order chi connectivity index (χ1) is 6.16. The fourth-order valence-corrected chi connectivity index (χ4v) is 1.80. The quantitative estimate of drug-likeness (QED) is 0.688. The van der Waals surface area contributed by atoms with Gasteiger partial charge in [0.05, 0.1) is 4.47 Å². The van der Waals surface area contributed by atoms with Crippen molar-refractivity contribution >= 4 is 37.6 Å². The van der Waals surface area contributed by atoms with Crippen LogP contribution in [0.2, 0.25) is 0 Å². The Bertz CT molecular complexity index is 323. The number of alkyl halides is 1. The predicted octanol–water partition coefficient (Wildman–Crippen LogP) is 3.12. The Balaban J connectivity index is 3.01. The van der Waals surface area contributed by atoms with E-state index >= 15 is 0 Å². The number of carbonyl (C=O) groups is 1. The Morgan fingerprint density at radius 1 is 1.46 bits per heavy atom. The van der Waals surface area contributed by atoms with E-state index in [1.807, 2.05) is 0 Å². The highest BCUT2D eigenvalue weighted by Crippen LogP contribution is 2.28. The summed E-state index contributed by atoms with van der Waals surface area (Å²) < 4.78 is 0.473. The summed E-state index contributed by atoms with van der Waals surface area (Å²) in [6.45, 7) is 0. The maximum atomic E-state index is 11.4. The summed E-state index contributed by atoms with van der Waals surface area (Å²) in [5, 5.41) is 9.94. The van der Waals surface area contributed by atoms with E-state index in [1.54, 1.807) is 12.1 Å². The minimum atomic E-state index is 0.0136. The molecule has 1 aromatic carbocycles. The highest BCUT2D eigenvalue weighted by atomic mass is 79.9. The largest absolute Gasteiger partial charge is 0.507 e. The molecule has 13 heavy (non-hydrogen) atoms. The molecular formula is C9H8Br2O2. The summed E-state index contributed by atoms with van der Waals surface area (Å²) in [5.74, 6) is 0.111. The van der Waals surface area contributed by atoms with Crippen molar-refractivity contribution in [2.45, 2.75) is 6.42 Å². The summed E-state index contributed by atoms with van der Waals surface area (Å²) in [4.78, 5) is 11.4. The van der Waals surface area contributed by atoms with E-state index in [0.29, 0.717) is 21.8 Å². The molecule has 1 N–H and O–H groups in total. The number of halogens is 2. The third-order valence-electron chi connectivity index (χ3n) is 1.60. The average molecular weight is 308 g/mol. The standard InChI is InChI=1S/C9H8Br2O2/c10-5-4-7(12)6-2-1-3-8(13)9(6)11/h1-3,13H,4-5H2. The monoisotopic (exact) mass is 306 g/mol. The summed E-state index contributed by atoms with van der Waals surface area (Å²) >= 11 is 6.36. The second-order valence-corrected chi connectivity index (χ2v) is 4.09. The van der Waals surface area contributed by atoms with Gasteiger partial charge in [0, 0.05) is 17.3 Å². The molecule has 0 bridgehead atoms. The lowest BCUT2D eigenvalue weighted by molar-refractivity contribution is 0.0988. The number of hydrogen-bond donors (Lipinski definition) is 1. The summed E-state index contributed by atoms with van der Waals surface area (Å²) in [7, 11) is 0. The normalized spacial score (nSPS) is 10.0. The van der Waals surface area contributed by atoms with Crippen LogP contribution < -0.4 is 0 Å². The topological polar surface area (TPSA) is 37.3 Å². The number of carbonyl (C=O) groups excluding carboxylic acids is 1. The first kappa shape index (κ1) is 10.7. The van der Waals surface area contributed by atoms with Gasteiger partial charge in [0.25, 0.3) is 0 Å².